The smallest absolute Gasteiger partial charge is 0.356 e. The fourth-order valence-electron chi connectivity index (χ4n) is 2.82. The number of anilines is 1. The van der Waals surface area contributed by atoms with Crippen LogP contribution in [0.4, 0.5) is 5.95 Å². The highest BCUT2D eigenvalue weighted by atomic mass is 79.9. The minimum absolute atomic E-state index is 0.666. The number of ether oxygens (including phenoxy) is 1. The van der Waals surface area contributed by atoms with Gasteiger partial charge in [-0.3, -0.25) is 5.73 Å². The highest BCUT2D eigenvalue weighted by Gasteiger charge is 2.18. The Morgan fingerprint density at radius 3 is 2.61 bits per heavy atom. The average molecular weight is 375 g/mol. The molecule has 0 fully saturated rings. The quantitative estimate of drug-likeness (QED) is 0.527. The molecule has 0 aliphatic rings. The van der Waals surface area contributed by atoms with Crippen LogP contribution in [-0.4, -0.2) is 11.2 Å². The van der Waals surface area contributed by atoms with Crippen molar-refractivity contribution in [3.05, 3.63) is 53.0 Å². The molecular formula is C18H21BrN3O+. The number of nitrogen functional groups attached to an aromatic ring is 1. The first-order valence-electron chi connectivity index (χ1n) is 7.85. The topological polar surface area (TPSA) is 44.1 Å². The van der Waals surface area contributed by atoms with Crippen molar-refractivity contribution >= 4 is 32.9 Å². The number of fused-ring (bicyclic) bond motifs is 1. The van der Waals surface area contributed by atoms with Gasteiger partial charge in [0.1, 0.15) is 16.8 Å². The Morgan fingerprint density at radius 1 is 1.13 bits per heavy atom. The molecule has 3 rings (SSSR count). The Labute approximate surface area is 144 Å². The number of aromatic nitrogens is 2. The molecule has 0 amide bonds. The minimum Gasteiger partial charge on any atom is -0.493 e. The van der Waals surface area contributed by atoms with Gasteiger partial charge in [0, 0.05) is 10.9 Å². The van der Waals surface area contributed by atoms with Crippen molar-refractivity contribution < 1.29 is 9.30 Å². The summed E-state index contributed by atoms with van der Waals surface area (Å²) in [4.78, 5) is 0. The van der Waals surface area contributed by atoms with Crippen LogP contribution in [0.3, 0.4) is 0 Å². The lowest BCUT2D eigenvalue weighted by Gasteiger charge is -2.06. The molecule has 3 aromatic rings. The molecule has 5 heteroatoms. The van der Waals surface area contributed by atoms with E-state index in [-0.39, 0.29) is 0 Å². The fourth-order valence-corrected chi connectivity index (χ4v) is 3.09. The van der Waals surface area contributed by atoms with Crippen molar-refractivity contribution in [1.82, 2.24) is 4.57 Å². The monoisotopic (exact) mass is 374 g/mol. The summed E-state index contributed by atoms with van der Waals surface area (Å²) in [5.74, 6) is 1.69. The number of benzene rings is 2. The summed E-state index contributed by atoms with van der Waals surface area (Å²) in [7, 11) is 0. The van der Waals surface area contributed by atoms with E-state index in [0.29, 0.717) is 6.61 Å². The normalized spacial score (nSPS) is 11.0. The predicted molar refractivity (Wildman–Crippen MR) is 96.5 cm³/mol. The van der Waals surface area contributed by atoms with Crippen molar-refractivity contribution in [3.63, 3.8) is 0 Å². The molecule has 1 heterocycles. The van der Waals surface area contributed by atoms with Crippen molar-refractivity contribution in [2.45, 2.75) is 26.4 Å². The molecule has 4 nitrogen and oxygen atoms in total. The second-order valence-corrected chi connectivity index (χ2v) is 6.31. The largest absolute Gasteiger partial charge is 0.493 e. The zero-order valence-electron chi connectivity index (χ0n) is 13.2. The summed E-state index contributed by atoms with van der Waals surface area (Å²) in [6.07, 6.45) is 0.905. The Balaban J connectivity index is 1.67. The molecule has 0 saturated heterocycles. The molecule has 2 aromatic carbocycles. The van der Waals surface area contributed by atoms with E-state index in [2.05, 4.69) is 56.3 Å². The minimum atomic E-state index is 0.666. The summed E-state index contributed by atoms with van der Waals surface area (Å²) in [6, 6.07) is 16.2. The van der Waals surface area contributed by atoms with E-state index in [0.717, 1.165) is 35.7 Å². The van der Waals surface area contributed by atoms with E-state index in [1.54, 1.807) is 0 Å². The highest BCUT2D eigenvalue weighted by Crippen LogP contribution is 2.17. The lowest BCUT2D eigenvalue weighted by Crippen LogP contribution is -2.37. The van der Waals surface area contributed by atoms with Gasteiger partial charge in [-0.05, 0) is 43.3 Å². The van der Waals surface area contributed by atoms with Crippen LogP contribution in [0, 0.1) is 0 Å². The molecule has 2 N–H and O–H groups in total. The van der Waals surface area contributed by atoms with Crippen LogP contribution in [0.2, 0.25) is 0 Å². The maximum Gasteiger partial charge on any atom is 0.356 e. The van der Waals surface area contributed by atoms with Gasteiger partial charge in [-0.25, -0.2) is 9.13 Å². The van der Waals surface area contributed by atoms with Crippen LogP contribution in [0.15, 0.2) is 53.0 Å². The van der Waals surface area contributed by atoms with Gasteiger partial charge in [0.2, 0.25) is 0 Å². The van der Waals surface area contributed by atoms with Crippen molar-refractivity contribution in [2.24, 2.45) is 0 Å². The van der Waals surface area contributed by atoms with Gasteiger partial charge in [-0.1, -0.05) is 28.1 Å². The number of aryl methyl sites for hydroxylation is 2. The highest BCUT2D eigenvalue weighted by molar-refractivity contribution is 9.10. The Kier molecular flexibility index (Phi) is 4.86. The standard InChI is InChI=1S/C18H20BrN3O/c1-2-21-16-6-3-4-7-17(16)22(18(21)20)12-5-13-23-15-10-8-14(19)9-11-15/h3-4,6-11,20H,2,5,12-13H2,1H3/p+1. The maximum absolute atomic E-state index is 6.32. The van der Waals surface area contributed by atoms with Gasteiger partial charge >= 0.3 is 5.95 Å². The second-order valence-electron chi connectivity index (χ2n) is 5.40. The maximum atomic E-state index is 6.32. The molecule has 120 valence electrons. The van der Waals surface area contributed by atoms with Gasteiger partial charge in [0.15, 0.2) is 0 Å². The molecular weight excluding hydrogens is 354 g/mol. The summed E-state index contributed by atoms with van der Waals surface area (Å²) in [5.41, 5.74) is 8.67. The third-order valence-electron chi connectivity index (χ3n) is 3.94. The van der Waals surface area contributed by atoms with Crippen LogP contribution < -0.4 is 15.0 Å². The number of halogens is 1. The van der Waals surface area contributed by atoms with Crippen LogP contribution in [0.25, 0.3) is 11.0 Å². The number of rotatable bonds is 6. The third kappa shape index (κ3) is 3.34. The Morgan fingerprint density at radius 2 is 1.87 bits per heavy atom. The van der Waals surface area contributed by atoms with Crippen molar-refractivity contribution in [1.29, 1.82) is 0 Å². The van der Waals surface area contributed by atoms with E-state index >= 15 is 0 Å². The van der Waals surface area contributed by atoms with Crippen molar-refractivity contribution in [3.8, 4) is 5.75 Å². The second kappa shape index (κ2) is 7.04. The third-order valence-corrected chi connectivity index (χ3v) is 4.47. The number of para-hydroxylation sites is 2. The number of nitrogens with zero attached hydrogens (tertiary/aromatic N) is 2. The number of imidazole rings is 1. The van der Waals surface area contributed by atoms with Gasteiger partial charge in [-0.15, -0.1) is 0 Å². The number of hydrogen-bond acceptors (Lipinski definition) is 2. The summed E-state index contributed by atoms with van der Waals surface area (Å²) >= 11 is 3.42. The molecule has 0 radical (unpaired) electrons. The van der Waals surface area contributed by atoms with E-state index in [1.165, 1.54) is 11.0 Å². The molecule has 1 aromatic heterocycles. The van der Waals surface area contributed by atoms with Crippen LogP contribution in [-0.2, 0) is 13.1 Å². The van der Waals surface area contributed by atoms with E-state index in [1.807, 2.05) is 24.3 Å². The van der Waals surface area contributed by atoms with Crippen molar-refractivity contribution in [2.75, 3.05) is 12.3 Å². The zero-order valence-corrected chi connectivity index (χ0v) is 14.8. The number of hydrogen-bond donors (Lipinski definition) is 1. The van der Waals surface area contributed by atoms with Crippen LogP contribution in [0.1, 0.15) is 13.3 Å². The first-order chi connectivity index (χ1) is 11.2. The summed E-state index contributed by atoms with van der Waals surface area (Å²) < 4.78 is 11.2. The van der Waals surface area contributed by atoms with Gasteiger partial charge in [0.25, 0.3) is 0 Å². The average Bonchev–Trinajstić information content (AvgIpc) is 2.84. The first-order valence-corrected chi connectivity index (χ1v) is 8.65. The SMILES string of the molecule is CCn1c(N)[n+](CCCOc2ccc(Br)cc2)c2ccccc21. The Bertz CT molecular complexity index is 796. The fraction of sp³-hybridized carbons (Fsp3) is 0.278. The van der Waals surface area contributed by atoms with Gasteiger partial charge < -0.3 is 4.74 Å². The van der Waals surface area contributed by atoms with E-state index < -0.39 is 0 Å². The predicted octanol–water partition coefficient (Wildman–Crippen LogP) is 3.76. The molecule has 0 saturated carbocycles. The lowest BCUT2D eigenvalue weighted by molar-refractivity contribution is -0.657. The molecule has 0 bridgehead atoms. The van der Waals surface area contributed by atoms with E-state index in [9.17, 15) is 0 Å². The lowest BCUT2D eigenvalue weighted by atomic mass is 10.3. The summed E-state index contributed by atoms with van der Waals surface area (Å²) in [6.45, 7) is 4.49. The zero-order chi connectivity index (χ0) is 16.2. The first kappa shape index (κ1) is 15.9. The van der Waals surface area contributed by atoms with E-state index in [4.69, 9.17) is 10.5 Å². The molecule has 0 aliphatic heterocycles. The number of nitrogens with two attached hydrogens (primary N) is 1. The summed E-state index contributed by atoms with van der Waals surface area (Å²) in [5, 5.41) is 0. The van der Waals surface area contributed by atoms with Gasteiger partial charge in [0.05, 0.1) is 19.7 Å². The van der Waals surface area contributed by atoms with Crippen LogP contribution in [0.5, 0.6) is 5.75 Å². The van der Waals surface area contributed by atoms with Crippen LogP contribution >= 0.6 is 15.9 Å². The Hall–Kier alpha value is -2.01. The molecule has 0 unspecified atom stereocenters. The molecule has 0 aliphatic carbocycles. The molecule has 23 heavy (non-hydrogen) atoms. The molecule has 0 atom stereocenters. The van der Waals surface area contributed by atoms with Gasteiger partial charge in [-0.2, -0.15) is 0 Å². The molecule has 0 spiro atoms.